The van der Waals surface area contributed by atoms with Gasteiger partial charge in [0.1, 0.15) is 4.88 Å². The lowest BCUT2D eigenvalue weighted by Gasteiger charge is -2.29. The van der Waals surface area contributed by atoms with Crippen molar-refractivity contribution in [3.05, 3.63) is 16.1 Å². The summed E-state index contributed by atoms with van der Waals surface area (Å²) in [4.78, 5) is 16.7. The van der Waals surface area contributed by atoms with Crippen LogP contribution in [-0.2, 0) is 0 Å². The number of aromatic nitrogens is 1. The van der Waals surface area contributed by atoms with Crippen LogP contribution in [0.25, 0.3) is 0 Å². The van der Waals surface area contributed by atoms with Crippen molar-refractivity contribution in [2.24, 2.45) is 11.7 Å². The van der Waals surface area contributed by atoms with Crippen molar-refractivity contribution in [2.75, 3.05) is 6.54 Å². The van der Waals surface area contributed by atoms with Crippen molar-refractivity contribution in [2.45, 2.75) is 32.2 Å². The van der Waals surface area contributed by atoms with E-state index < -0.39 is 0 Å². The molecular formula is C11H17N3OS. The Morgan fingerprint density at radius 1 is 1.75 bits per heavy atom. The lowest BCUT2D eigenvalue weighted by atomic mass is 9.96. The van der Waals surface area contributed by atoms with Crippen LogP contribution < -0.4 is 11.1 Å². The maximum atomic E-state index is 12.0. The minimum atomic E-state index is -0.255. The molecule has 0 spiro atoms. The van der Waals surface area contributed by atoms with Crippen LogP contribution in [0.2, 0.25) is 0 Å². The van der Waals surface area contributed by atoms with Gasteiger partial charge in [0, 0.05) is 6.54 Å². The van der Waals surface area contributed by atoms with Crippen molar-refractivity contribution in [1.82, 2.24) is 10.3 Å². The number of carbonyl (C=O) groups excluding carboxylic acids is 1. The molecule has 1 heterocycles. The number of nitrogens with one attached hydrogen (secondary N) is 1. The van der Waals surface area contributed by atoms with Gasteiger partial charge in [-0.3, -0.25) is 4.79 Å². The van der Waals surface area contributed by atoms with Gasteiger partial charge in [0.15, 0.2) is 0 Å². The molecule has 1 saturated carbocycles. The second-order valence-corrected chi connectivity index (χ2v) is 5.83. The van der Waals surface area contributed by atoms with Crippen LogP contribution >= 0.6 is 11.3 Å². The molecular weight excluding hydrogens is 222 g/mol. The van der Waals surface area contributed by atoms with Crippen LogP contribution in [0, 0.1) is 12.8 Å². The zero-order valence-corrected chi connectivity index (χ0v) is 10.4. The molecule has 1 atom stereocenters. The molecule has 1 fully saturated rings. The molecule has 1 unspecified atom stereocenters. The van der Waals surface area contributed by atoms with Crippen LogP contribution in [-0.4, -0.2) is 23.0 Å². The van der Waals surface area contributed by atoms with E-state index in [-0.39, 0.29) is 11.4 Å². The van der Waals surface area contributed by atoms with Crippen LogP contribution in [0.5, 0.6) is 0 Å². The maximum Gasteiger partial charge on any atom is 0.263 e. The molecule has 0 saturated heterocycles. The standard InChI is InChI=1S/C11H17N3OS/c1-7-13-5-9(16-7)10(15)14-11(2,6-12)8-3-4-8/h5,8H,3-4,6,12H2,1-2H3,(H,14,15). The Bertz CT molecular complexity index is 400. The summed E-state index contributed by atoms with van der Waals surface area (Å²) in [7, 11) is 0. The fraction of sp³-hybridized carbons (Fsp3) is 0.636. The highest BCUT2D eigenvalue weighted by Gasteiger charge is 2.41. The molecule has 2 rings (SSSR count). The average Bonchev–Trinajstić information content (AvgIpc) is 3.02. The molecule has 1 amide bonds. The van der Waals surface area contributed by atoms with Gasteiger partial charge in [0.25, 0.3) is 5.91 Å². The summed E-state index contributed by atoms with van der Waals surface area (Å²) in [6.45, 7) is 4.40. The smallest absolute Gasteiger partial charge is 0.263 e. The molecule has 16 heavy (non-hydrogen) atoms. The van der Waals surface area contributed by atoms with E-state index in [0.29, 0.717) is 17.3 Å². The largest absolute Gasteiger partial charge is 0.345 e. The first kappa shape index (κ1) is 11.5. The van der Waals surface area contributed by atoms with Gasteiger partial charge in [-0.25, -0.2) is 4.98 Å². The van der Waals surface area contributed by atoms with E-state index in [1.807, 2.05) is 13.8 Å². The quantitative estimate of drug-likeness (QED) is 0.832. The lowest BCUT2D eigenvalue weighted by molar-refractivity contribution is 0.0902. The molecule has 3 N–H and O–H groups in total. The monoisotopic (exact) mass is 239 g/mol. The van der Waals surface area contributed by atoms with E-state index in [1.165, 1.54) is 11.3 Å². The SMILES string of the molecule is Cc1ncc(C(=O)NC(C)(CN)C2CC2)s1. The van der Waals surface area contributed by atoms with E-state index in [2.05, 4.69) is 10.3 Å². The number of carbonyl (C=O) groups is 1. The molecule has 1 aromatic rings. The van der Waals surface area contributed by atoms with E-state index in [4.69, 9.17) is 5.73 Å². The van der Waals surface area contributed by atoms with Gasteiger partial charge in [-0.15, -0.1) is 11.3 Å². The number of nitrogens with zero attached hydrogens (tertiary/aromatic N) is 1. The van der Waals surface area contributed by atoms with Crippen molar-refractivity contribution in [3.8, 4) is 0 Å². The Hall–Kier alpha value is -0.940. The minimum Gasteiger partial charge on any atom is -0.345 e. The van der Waals surface area contributed by atoms with Crippen LogP contribution in [0.3, 0.4) is 0 Å². The lowest BCUT2D eigenvalue weighted by Crippen LogP contribution is -2.53. The molecule has 1 aromatic heterocycles. The number of hydrogen-bond donors (Lipinski definition) is 2. The fourth-order valence-electron chi connectivity index (χ4n) is 1.83. The van der Waals surface area contributed by atoms with Crippen molar-refractivity contribution >= 4 is 17.2 Å². The van der Waals surface area contributed by atoms with Gasteiger partial charge in [0.05, 0.1) is 16.7 Å². The summed E-state index contributed by atoms with van der Waals surface area (Å²) in [5.74, 6) is 0.487. The number of aryl methyl sites for hydroxylation is 1. The first-order valence-electron chi connectivity index (χ1n) is 5.50. The van der Waals surface area contributed by atoms with E-state index in [1.54, 1.807) is 6.20 Å². The number of nitrogens with two attached hydrogens (primary N) is 1. The van der Waals surface area contributed by atoms with Crippen LogP contribution in [0.15, 0.2) is 6.20 Å². The Kier molecular flexibility index (Phi) is 2.99. The highest BCUT2D eigenvalue weighted by Crippen LogP contribution is 2.39. The summed E-state index contributed by atoms with van der Waals surface area (Å²) in [5, 5.41) is 3.95. The van der Waals surface area contributed by atoms with Gasteiger partial charge in [0.2, 0.25) is 0 Å². The van der Waals surface area contributed by atoms with Gasteiger partial charge in [-0.2, -0.15) is 0 Å². The second kappa shape index (κ2) is 4.14. The molecule has 0 aromatic carbocycles. The van der Waals surface area contributed by atoms with Crippen molar-refractivity contribution in [1.29, 1.82) is 0 Å². The summed E-state index contributed by atoms with van der Waals surface area (Å²) in [6, 6.07) is 0. The summed E-state index contributed by atoms with van der Waals surface area (Å²) in [6.07, 6.45) is 3.95. The van der Waals surface area contributed by atoms with Crippen LogP contribution in [0.4, 0.5) is 0 Å². The number of amides is 1. The van der Waals surface area contributed by atoms with Gasteiger partial charge in [-0.1, -0.05) is 0 Å². The van der Waals surface area contributed by atoms with Gasteiger partial charge >= 0.3 is 0 Å². The summed E-state index contributed by atoms with van der Waals surface area (Å²) >= 11 is 1.42. The maximum absolute atomic E-state index is 12.0. The van der Waals surface area contributed by atoms with E-state index >= 15 is 0 Å². The van der Waals surface area contributed by atoms with Gasteiger partial charge in [-0.05, 0) is 32.6 Å². The summed E-state index contributed by atoms with van der Waals surface area (Å²) in [5.41, 5.74) is 5.50. The molecule has 0 radical (unpaired) electrons. The predicted octanol–water partition coefficient (Wildman–Crippen LogP) is 1.31. The Morgan fingerprint density at radius 3 is 2.88 bits per heavy atom. The molecule has 5 heteroatoms. The van der Waals surface area contributed by atoms with E-state index in [9.17, 15) is 4.79 Å². The number of rotatable bonds is 4. The predicted molar refractivity (Wildman–Crippen MR) is 64.5 cm³/mol. The first-order chi connectivity index (χ1) is 7.55. The molecule has 0 aliphatic heterocycles. The Morgan fingerprint density at radius 2 is 2.44 bits per heavy atom. The first-order valence-corrected chi connectivity index (χ1v) is 6.32. The zero-order valence-electron chi connectivity index (χ0n) is 9.62. The third-order valence-corrected chi connectivity index (χ3v) is 4.06. The molecule has 0 bridgehead atoms. The van der Waals surface area contributed by atoms with Crippen molar-refractivity contribution < 1.29 is 4.79 Å². The van der Waals surface area contributed by atoms with Crippen LogP contribution in [0.1, 0.15) is 34.4 Å². The molecule has 1 aliphatic carbocycles. The third-order valence-electron chi connectivity index (χ3n) is 3.15. The highest BCUT2D eigenvalue weighted by molar-refractivity contribution is 7.13. The van der Waals surface area contributed by atoms with Crippen molar-refractivity contribution in [3.63, 3.8) is 0 Å². The normalized spacial score (nSPS) is 19.2. The fourth-order valence-corrected chi connectivity index (χ4v) is 2.50. The summed E-state index contributed by atoms with van der Waals surface area (Å²) < 4.78 is 0. The van der Waals surface area contributed by atoms with Gasteiger partial charge < -0.3 is 11.1 Å². The zero-order chi connectivity index (χ0) is 11.8. The number of hydrogen-bond acceptors (Lipinski definition) is 4. The molecule has 88 valence electrons. The Balaban J connectivity index is 2.06. The van der Waals surface area contributed by atoms with E-state index in [0.717, 1.165) is 17.8 Å². The topological polar surface area (TPSA) is 68.0 Å². The molecule has 1 aliphatic rings. The average molecular weight is 239 g/mol. The second-order valence-electron chi connectivity index (χ2n) is 4.59. The minimum absolute atomic E-state index is 0.0505. The third kappa shape index (κ3) is 2.25. The Labute approximate surface area is 99.3 Å². The molecule has 4 nitrogen and oxygen atoms in total. The number of thiazole rings is 1. The highest BCUT2D eigenvalue weighted by atomic mass is 32.1.